The number of hydrogen-bond donors (Lipinski definition) is 0. The average Bonchev–Trinajstić information content (AvgIpc) is 1.72. The van der Waals surface area contributed by atoms with Crippen molar-refractivity contribution in [2.45, 2.75) is 0 Å². The molecule has 0 N–H and O–H groups in total. The summed E-state index contributed by atoms with van der Waals surface area (Å²) in [6.07, 6.45) is 0. The monoisotopic (exact) mass is 138 g/mol. The van der Waals surface area contributed by atoms with E-state index in [1.807, 2.05) is 0 Å². The van der Waals surface area contributed by atoms with Crippen molar-refractivity contribution in [2.24, 2.45) is 0 Å². The molecule has 0 fully saturated rings. The summed E-state index contributed by atoms with van der Waals surface area (Å²) < 4.78 is 13.8. The van der Waals surface area contributed by atoms with E-state index in [0.717, 1.165) is 0 Å². The normalized spacial score (nSPS) is 7.88. The predicted molar refractivity (Wildman–Crippen MR) is 37.2 cm³/mol. The van der Waals surface area contributed by atoms with Crippen molar-refractivity contribution in [1.29, 1.82) is 0 Å². The zero-order valence-corrected chi connectivity index (χ0v) is 6.30. The lowest BCUT2D eigenvalue weighted by molar-refractivity contribution is 0.163. The van der Waals surface area contributed by atoms with Crippen LogP contribution in [0.25, 0.3) is 0 Å². The third-order valence-electron chi connectivity index (χ3n) is 0.577. The van der Waals surface area contributed by atoms with E-state index in [1.165, 1.54) is 21.3 Å². The second-order valence-electron chi connectivity index (χ2n) is 0.996. The molecule has 0 aromatic rings. The van der Waals surface area contributed by atoms with Crippen molar-refractivity contribution in [2.75, 3.05) is 21.3 Å². The molecule has 0 aliphatic carbocycles. The molecule has 8 heavy (non-hydrogen) atoms. The van der Waals surface area contributed by atoms with Crippen molar-refractivity contribution < 1.29 is 14.0 Å². The zero-order valence-electron chi connectivity index (χ0n) is 5.30. The lowest BCUT2D eigenvalue weighted by atomic mass is 10.2. The highest BCUT2D eigenvalue weighted by Gasteiger charge is 2.12. The molecule has 0 unspecified atom stereocenters. The van der Waals surface area contributed by atoms with Gasteiger partial charge in [0, 0.05) is 21.3 Å². The molecule has 0 aromatic carbocycles. The molecule has 0 spiro atoms. The fraction of sp³-hybridized carbons (Fsp3) is 1.00. The van der Waals surface area contributed by atoms with Gasteiger partial charge in [-0.3, -0.25) is 0 Å². The minimum atomic E-state index is -0.514. The molecule has 0 aliphatic rings. The molecule has 0 saturated heterocycles. The fourth-order valence-corrected chi connectivity index (χ4v) is 0.289. The van der Waals surface area contributed by atoms with Crippen LogP contribution in [0.4, 0.5) is 0 Å². The van der Waals surface area contributed by atoms with Crippen LogP contribution < -0.4 is 0 Å². The summed E-state index contributed by atoms with van der Waals surface area (Å²) in [5.74, 6) is 0. The molecule has 0 rings (SSSR count). The quantitative estimate of drug-likeness (QED) is 0.514. The maximum Gasteiger partial charge on any atom is 0.638 e. The Labute approximate surface area is 56.9 Å². The number of hydrogen-bond acceptors (Lipinski definition) is 3. The van der Waals surface area contributed by atoms with Gasteiger partial charge in [-0.25, -0.2) is 0 Å². The highest BCUT2D eigenvalue weighted by molar-refractivity contribution is 7.59. The Morgan fingerprint density at radius 3 is 1.12 bits per heavy atom. The first kappa shape index (κ1) is 11.1. The molecule has 0 radical (unpaired) electrons. The van der Waals surface area contributed by atoms with E-state index in [2.05, 4.69) is 14.0 Å². The maximum absolute atomic E-state index is 4.60. The first-order valence-electron chi connectivity index (χ1n) is 1.93. The van der Waals surface area contributed by atoms with Crippen LogP contribution in [0.2, 0.25) is 0 Å². The lowest BCUT2D eigenvalue weighted by Gasteiger charge is -2.01. The molecule has 3 nitrogen and oxygen atoms in total. The summed E-state index contributed by atoms with van der Waals surface area (Å²) >= 11 is 0. The molecular formula is C3H11BO3S. The lowest BCUT2D eigenvalue weighted by Crippen LogP contribution is -2.21. The van der Waals surface area contributed by atoms with Crippen LogP contribution in [0.15, 0.2) is 0 Å². The van der Waals surface area contributed by atoms with Crippen molar-refractivity contribution in [1.82, 2.24) is 0 Å². The summed E-state index contributed by atoms with van der Waals surface area (Å²) in [4.78, 5) is 0. The van der Waals surface area contributed by atoms with E-state index in [1.54, 1.807) is 0 Å². The van der Waals surface area contributed by atoms with Crippen LogP contribution in [-0.4, -0.2) is 28.7 Å². The van der Waals surface area contributed by atoms with E-state index in [4.69, 9.17) is 0 Å². The molecule has 0 saturated carbocycles. The minimum absolute atomic E-state index is 0. The first-order chi connectivity index (χ1) is 3.35. The van der Waals surface area contributed by atoms with Crippen molar-refractivity contribution in [3.63, 3.8) is 0 Å². The van der Waals surface area contributed by atoms with Crippen LogP contribution in [-0.2, 0) is 14.0 Å². The number of rotatable bonds is 3. The Kier molecular flexibility index (Phi) is 10.2. The van der Waals surface area contributed by atoms with E-state index in [9.17, 15) is 0 Å². The zero-order chi connectivity index (χ0) is 5.70. The Balaban J connectivity index is 0. The second kappa shape index (κ2) is 7.29. The summed E-state index contributed by atoms with van der Waals surface area (Å²) in [6.45, 7) is 0. The minimum Gasteiger partial charge on any atom is -0.389 e. The standard InChI is InChI=1S/C3H9BO3.H2S/c1-5-4(6-2)7-3;/h1-3H3;1H2. The average molecular weight is 138 g/mol. The van der Waals surface area contributed by atoms with Gasteiger partial charge in [-0.2, -0.15) is 13.5 Å². The molecule has 0 heterocycles. The largest absolute Gasteiger partial charge is 0.638 e. The van der Waals surface area contributed by atoms with E-state index in [0.29, 0.717) is 0 Å². The van der Waals surface area contributed by atoms with Gasteiger partial charge in [0.2, 0.25) is 0 Å². The molecular weight excluding hydrogens is 127 g/mol. The maximum atomic E-state index is 4.60. The fourth-order valence-electron chi connectivity index (χ4n) is 0.289. The first-order valence-corrected chi connectivity index (χ1v) is 1.93. The summed E-state index contributed by atoms with van der Waals surface area (Å²) in [5.41, 5.74) is 0. The van der Waals surface area contributed by atoms with Gasteiger partial charge >= 0.3 is 7.32 Å². The summed E-state index contributed by atoms with van der Waals surface area (Å²) in [5, 5.41) is 0. The topological polar surface area (TPSA) is 27.7 Å². The molecule has 0 bridgehead atoms. The highest BCUT2D eigenvalue weighted by Crippen LogP contribution is 1.81. The van der Waals surface area contributed by atoms with Crippen LogP contribution in [0.1, 0.15) is 0 Å². The van der Waals surface area contributed by atoms with E-state index < -0.39 is 7.32 Å². The Bertz CT molecular complexity index is 36.0. The van der Waals surface area contributed by atoms with Crippen LogP contribution in [0, 0.1) is 0 Å². The molecule has 0 aliphatic heterocycles. The van der Waals surface area contributed by atoms with E-state index in [-0.39, 0.29) is 13.5 Å². The van der Waals surface area contributed by atoms with Crippen LogP contribution in [0.5, 0.6) is 0 Å². The van der Waals surface area contributed by atoms with Gasteiger partial charge in [0.1, 0.15) is 0 Å². The molecule has 0 amide bonds. The third kappa shape index (κ3) is 4.45. The van der Waals surface area contributed by atoms with Gasteiger partial charge < -0.3 is 14.0 Å². The molecule has 50 valence electrons. The van der Waals surface area contributed by atoms with Gasteiger partial charge in [0.25, 0.3) is 0 Å². The Hall–Kier alpha value is 0.295. The van der Waals surface area contributed by atoms with Gasteiger partial charge in [-0.1, -0.05) is 0 Å². The van der Waals surface area contributed by atoms with E-state index >= 15 is 0 Å². The predicted octanol–water partition coefficient (Wildman–Crippen LogP) is 0.0233. The SMILES string of the molecule is COB(OC)OC.S. The summed E-state index contributed by atoms with van der Waals surface area (Å²) in [7, 11) is 4.02. The summed E-state index contributed by atoms with van der Waals surface area (Å²) in [6, 6.07) is 0. The van der Waals surface area contributed by atoms with Gasteiger partial charge in [-0.15, -0.1) is 0 Å². The molecule has 0 aromatic heterocycles. The van der Waals surface area contributed by atoms with Crippen molar-refractivity contribution in [3.05, 3.63) is 0 Å². The Morgan fingerprint density at radius 1 is 0.875 bits per heavy atom. The smallest absolute Gasteiger partial charge is 0.389 e. The molecule has 0 atom stereocenters. The highest BCUT2D eigenvalue weighted by atomic mass is 32.1. The van der Waals surface area contributed by atoms with Crippen LogP contribution in [0.3, 0.4) is 0 Å². The van der Waals surface area contributed by atoms with Gasteiger partial charge in [0.05, 0.1) is 0 Å². The van der Waals surface area contributed by atoms with Gasteiger partial charge in [-0.05, 0) is 0 Å². The van der Waals surface area contributed by atoms with Crippen LogP contribution >= 0.6 is 13.5 Å². The van der Waals surface area contributed by atoms with Gasteiger partial charge in [0.15, 0.2) is 0 Å². The van der Waals surface area contributed by atoms with Crippen molar-refractivity contribution >= 4 is 20.8 Å². The second-order valence-corrected chi connectivity index (χ2v) is 0.996. The Morgan fingerprint density at radius 2 is 1.12 bits per heavy atom. The third-order valence-corrected chi connectivity index (χ3v) is 0.577. The molecule has 5 heteroatoms. The van der Waals surface area contributed by atoms with Crippen molar-refractivity contribution in [3.8, 4) is 0 Å².